The van der Waals surface area contributed by atoms with Crippen LogP contribution in [0, 0.1) is 23.7 Å². The Kier molecular flexibility index (Phi) is 7.89. The third kappa shape index (κ3) is 5.11. The van der Waals surface area contributed by atoms with Crippen LogP contribution in [0.15, 0.2) is 108 Å². The minimum atomic E-state index is -0.452. The summed E-state index contributed by atoms with van der Waals surface area (Å²) in [6.45, 7) is 12.2. The third-order valence-electron chi connectivity index (χ3n) is 12.6. The number of para-hydroxylation sites is 2. The largest absolute Gasteiger partial charge is 0.372 e. The molecule has 0 spiro atoms. The molecule has 8 heterocycles. The Hall–Kier alpha value is -4.66. The number of fused-ring (bicyclic) bond motifs is 8. The van der Waals surface area contributed by atoms with Crippen molar-refractivity contribution in [3.05, 3.63) is 130 Å². The van der Waals surface area contributed by atoms with Gasteiger partial charge in [0.15, 0.2) is 0 Å². The van der Waals surface area contributed by atoms with E-state index in [1.54, 1.807) is 0 Å². The fourth-order valence-electron chi connectivity index (χ4n) is 9.97. The topological polar surface area (TPSA) is 90.5 Å². The standard InChI is InChI=1S/C42H44N6O2/c1-3-25-23-47-19-15-27(25)21-35(47)37(31-13-17-43-33-11-7-5-9-29(31)33)45-39-40(42(50)41(39)49)46-38(32-14-18-44-34-12-8-6-10-30(32)34)36-22-28-16-20-48(36)24-26(28)4-2/h3-14,17-18,25-28,35-38,45-46H,1-2,15-16,19-24H2/t25-,26-,27-,28-,35+,36+,37+,38+/m0/s1. The normalized spacial score (nSPS) is 29.9. The van der Waals surface area contributed by atoms with Crippen LogP contribution in [-0.4, -0.2) is 58.0 Å². The second-order valence-electron chi connectivity index (χ2n) is 15.0. The maximum Gasteiger partial charge on any atom is 0.253 e. The molecule has 10 atom stereocenters. The molecule has 6 fully saturated rings. The number of anilines is 2. The van der Waals surface area contributed by atoms with Crippen LogP contribution in [0.25, 0.3) is 21.8 Å². The molecule has 2 N–H and O–H groups in total. The van der Waals surface area contributed by atoms with Gasteiger partial charge in [0.05, 0.1) is 23.1 Å². The first kappa shape index (κ1) is 31.3. The highest BCUT2D eigenvalue weighted by Crippen LogP contribution is 2.46. The average molecular weight is 665 g/mol. The predicted molar refractivity (Wildman–Crippen MR) is 201 cm³/mol. The molecule has 3 aromatic carbocycles. The van der Waals surface area contributed by atoms with Crippen LogP contribution in [0.1, 0.15) is 48.9 Å². The van der Waals surface area contributed by atoms with Crippen LogP contribution in [-0.2, 0) is 0 Å². The minimum absolute atomic E-state index is 0.156. The lowest BCUT2D eigenvalue weighted by Gasteiger charge is -2.52. The number of aromatic nitrogens is 2. The summed E-state index contributed by atoms with van der Waals surface area (Å²) in [5, 5.41) is 9.60. The molecule has 254 valence electrons. The van der Waals surface area contributed by atoms with E-state index in [4.69, 9.17) is 0 Å². The quantitative estimate of drug-likeness (QED) is 0.130. The van der Waals surface area contributed by atoms with Crippen molar-refractivity contribution in [2.75, 3.05) is 36.8 Å². The maximum absolute atomic E-state index is 13.7. The number of pyridine rings is 2. The zero-order chi connectivity index (χ0) is 33.9. The Labute approximate surface area is 292 Å². The van der Waals surface area contributed by atoms with Gasteiger partial charge in [0, 0.05) is 48.3 Å². The van der Waals surface area contributed by atoms with Crippen molar-refractivity contribution >= 4 is 33.2 Å². The number of hydrogen-bond donors (Lipinski definition) is 2. The summed E-state index contributed by atoms with van der Waals surface area (Å²) in [6.07, 6.45) is 12.3. The molecule has 5 aromatic rings. The fraction of sp³-hybridized carbons (Fsp3) is 0.381. The highest BCUT2D eigenvalue weighted by atomic mass is 16.2. The van der Waals surface area contributed by atoms with Gasteiger partial charge in [-0.2, -0.15) is 0 Å². The number of nitrogens with one attached hydrogen (secondary N) is 2. The summed E-state index contributed by atoms with van der Waals surface area (Å²) in [7, 11) is 0. The smallest absolute Gasteiger partial charge is 0.253 e. The van der Waals surface area contributed by atoms with Gasteiger partial charge in [-0.15, -0.1) is 13.2 Å². The van der Waals surface area contributed by atoms with Crippen molar-refractivity contribution < 1.29 is 0 Å². The Morgan fingerprint density at radius 1 is 0.660 bits per heavy atom. The first-order valence-corrected chi connectivity index (χ1v) is 18.3. The molecule has 6 aliphatic heterocycles. The molecule has 8 heteroatoms. The van der Waals surface area contributed by atoms with Gasteiger partial charge in [-0.1, -0.05) is 48.6 Å². The van der Waals surface area contributed by atoms with Crippen molar-refractivity contribution in [2.45, 2.75) is 49.9 Å². The molecule has 0 amide bonds. The Balaban J connectivity index is 1.12. The van der Waals surface area contributed by atoms with Crippen LogP contribution in [0.4, 0.5) is 11.4 Å². The van der Waals surface area contributed by atoms with E-state index in [0.717, 1.165) is 84.8 Å². The van der Waals surface area contributed by atoms with Gasteiger partial charge in [0.25, 0.3) is 10.9 Å². The van der Waals surface area contributed by atoms with E-state index in [1.165, 1.54) is 0 Å². The molecular weight excluding hydrogens is 621 g/mol. The molecule has 0 aliphatic carbocycles. The second-order valence-corrected chi connectivity index (χ2v) is 15.0. The highest BCUT2D eigenvalue weighted by Gasteiger charge is 2.46. The lowest BCUT2D eigenvalue weighted by molar-refractivity contribution is 0.0102. The lowest BCUT2D eigenvalue weighted by Crippen LogP contribution is -2.57. The minimum Gasteiger partial charge on any atom is -0.372 e. The van der Waals surface area contributed by atoms with Crippen LogP contribution in [0.5, 0.6) is 0 Å². The summed E-state index contributed by atoms with van der Waals surface area (Å²) >= 11 is 0. The zero-order valence-corrected chi connectivity index (χ0v) is 28.4. The fourth-order valence-corrected chi connectivity index (χ4v) is 9.97. The van der Waals surface area contributed by atoms with E-state index in [-0.39, 0.29) is 24.2 Å². The first-order valence-electron chi connectivity index (χ1n) is 18.3. The first-order chi connectivity index (χ1) is 24.5. The Morgan fingerprint density at radius 2 is 1.10 bits per heavy atom. The van der Waals surface area contributed by atoms with Crippen LogP contribution >= 0.6 is 0 Å². The van der Waals surface area contributed by atoms with Crippen molar-refractivity contribution in [2.24, 2.45) is 23.7 Å². The molecule has 6 aliphatic rings. The zero-order valence-electron chi connectivity index (χ0n) is 28.4. The summed E-state index contributed by atoms with van der Waals surface area (Å²) in [5.74, 6) is 2.03. The molecule has 0 radical (unpaired) electrons. The van der Waals surface area contributed by atoms with Gasteiger partial charge in [-0.05, 0) is 97.8 Å². The predicted octanol–water partition coefficient (Wildman–Crippen LogP) is 6.48. The van der Waals surface area contributed by atoms with E-state index in [1.807, 2.05) is 48.8 Å². The van der Waals surface area contributed by atoms with Gasteiger partial charge in [-0.25, -0.2) is 0 Å². The number of benzene rings is 2. The van der Waals surface area contributed by atoms with Gasteiger partial charge in [0.1, 0.15) is 11.4 Å². The molecule has 11 rings (SSSR count). The maximum atomic E-state index is 13.7. The lowest BCUT2D eigenvalue weighted by atomic mass is 9.72. The number of piperidine rings is 6. The summed E-state index contributed by atoms with van der Waals surface area (Å²) in [4.78, 5) is 41.8. The van der Waals surface area contributed by atoms with E-state index in [2.05, 4.69) is 80.0 Å². The highest BCUT2D eigenvalue weighted by molar-refractivity contribution is 5.85. The van der Waals surface area contributed by atoms with Crippen LogP contribution in [0.2, 0.25) is 0 Å². The Morgan fingerprint density at radius 3 is 1.50 bits per heavy atom. The third-order valence-corrected chi connectivity index (χ3v) is 12.6. The van der Waals surface area contributed by atoms with E-state index >= 15 is 0 Å². The van der Waals surface area contributed by atoms with Crippen molar-refractivity contribution in [3.8, 4) is 0 Å². The van der Waals surface area contributed by atoms with E-state index in [9.17, 15) is 9.59 Å². The summed E-state index contributed by atoms with van der Waals surface area (Å²) in [5.41, 5.74) is 3.93. The Bertz CT molecular complexity index is 2010. The molecule has 0 saturated carbocycles. The van der Waals surface area contributed by atoms with Crippen molar-refractivity contribution in [1.29, 1.82) is 0 Å². The van der Waals surface area contributed by atoms with Gasteiger partial charge in [-0.3, -0.25) is 29.4 Å². The van der Waals surface area contributed by atoms with Crippen LogP contribution < -0.4 is 21.5 Å². The van der Waals surface area contributed by atoms with Gasteiger partial charge < -0.3 is 10.6 Å². The summed E-state index contributed by atoms with van der Waals surface area (Å²) < 4.78 is 0. The van der Waals surface area contributed by atoms with Crippen LogP contribution in [0.3, 0.4) is 0 Å². The van der Waals surface area contributed by atoms with Crippen molar-refractivity contribution in [3.63, 3.8) is 0 Å². The second kappa shape index (κ2) is 12.6. The van der Waals surface area contributed by atoms with E-state index < -0.39 is 10.9 Å². The van der Waals surface area contributed by atoms with E-state index in [0.29, 0.717) is 35.0 Å². The van der Waals surface area contributed by atoms with Gasteiger partial charge >= 0.3 is 0 Å². The molecule has 8 nitrogen and oxygen atoms in total. The number of rotatable bonds is 10. The molecular formula is C42H44N6O2. The molecule has 2 unspecified atom stereocenters. The van der Waals surface area contributed by atoms with Gasteiger partial charge in [0.2, 0.25) is 0 Å². The molecule has 6 saturated heterocycles. The number of nitrogens with zero attached hydrogens (tertiary/aromatic N) is 4. The SMILES string of the molecule is C=C[C@H]1CN2CC[C@H]1C[C@@H]2[C@H](Nc1c(N[C@H](c2ccnc3ccccc23)[C@H]2C[C@@H]3CCN2C[C@@H]3C=C)c(=O)c1=O)c1ccnc2ccccc12. The number of hydrogen-bond acceptors (Lipinski definition) is 8. The molecule has 4 bridgehead atoms. The molecule has 50 heavy (non-hydrogen) atoms. The molecule has 2 aromatic heterocycles. The summed E-state index contributed by atoms with van der Waals surface area (Å²) in [6, 6.07) is 20.5. The monoisotopic (exact) mass is 664 g/mol. The average Bonchev–Trinajstić information content (AvgIpc) is 3.19. The van der Waals surface area contributed by atoms with Crippen molar-refractivity contribution in [1.82, 2.24) is 19.8 Å².